The highest BCUT2D eigenvalue weighted by Crippen LogP contribution is 2.30. The summed E-state index contributed by atoms with van der Waals surface area (Å²) in [4.78, 5) is 12.2. The Hall–Kier alpha value is -2.69. The van der Waals surface area contributed by atoms with Gasteiger partial charge in [-0.15, -0.1) is 4.36 Å². The van der Waals surface area contributed by atoms with Crippen LogP contribution >= 0.6 is 0 Å². The Morgan fingerprint density at radius 2 is 1.70 bits per heavy atom. The van der Waals surface area contributed by atoms with E-state index in [9.17, 15) is 14.1 Å². The molecule has 118 valence electrons. The summed E-state index contributed by atoms with van der Waals surface area (Å²) in [7, 11) is -2.84. The third-order valence-corrected chi connectivity index (χ3v) is 5.05. The Morgan fingerprint density at radius 1 is 1.17 bits per heavy atom. The number of rotatable bonds is 4. The van der Waals surface area contributed by atoms with Gasteiger partial charge in [-0.2, -0.15) is 5.26 Å². The van der Waals surface area contributed by atoms with E-state index >= 15 is 0 Å². The first kappa shape index (κ1) is 16.7. The molecule has 2 aromatic carbocycles. The van der Waals surface area contributed by atoms with E-state index in [1.807, 2.05) is 0 Å². The summed E-state index contributed by atoms with van der Waals surface area (Å²) in [5, 5.41) is 19.4. The number of hydrogen-bond acceptors (Lipinski definition) is 5. The van der Waals surface area contributed by atoms with Crippen LogP contribution in [0.25, 0.3) is 0 Å². The monoisotopic (exact) mass is 329 g/mol. The van der Waals surface area contributed by atoms with Gasteiger partial charge in [0.2, 0.25) is 6.19 Å². The molecule has 0 saturated heterocycles. The number of hydrogen-bond donors (Lipinski definition) is 2. The van der Waals surface area contributed by atoms with Crippen molar-refractivity contribution in [1.82, 2.24) is 0 Å². The topological polar surface area (TPSA) is 117 Å². The van der Waals surface area contributed by atoms with Gasteiger partial charge in [0.1, 0.15) is 0 Å². The lowest BCUT2D eigenvalue weighted by atomic mass is 9.86. The summed E-state index contributed by atoms with van der Waals surface area (Å²) in [5.41, 5.74) is 3.98. The average Bonchev–Trinajstić information content (AvgIpc) is 2.55. The zero-order valence-electron chi connectivity index (χ0n) is 12.3. The standard InChI is InChI=1S/C16H15N3O3S/c1-23(22,19-11-17)14-9-7-13(8-10-14)16(21,15(18)20)12-5-3-2-4-6-12/h2-10,21H,1H3,(H2,18,20). The minimum Gasteiger partial charge on any atom is -0.372 e. The number of benzene rings is 2. The molecule has 2 unspecified atom stereocenters. The first-order valence-corrected chi connectivity index (χ1v) is 8.53. The number of aliphatic hydroxyl groups is 1. The Kier molecular flexibility index (Phi) is 4.50. The summed E-state index contributed by atoms with van der Waals surface area (Å²) in [5.74, 6) is -0.921. The molecular weight excluding hydrogens is 314 g/mol. The first-order chi connectivity index (χ1) is 10.8. The van der Waals surface area contributed by atoms with Crippen LogP contribution in [-0.4, -0.2) is 21.5 Å². The predicted molar refractivity (Wildman–Crippen MR) is 85.5 cm³/mol. The van der Waals surface area contributed by atoms with E-state index in [0.29, 0.717) is 10.5 Å². The molecule has 2 aromatic rings. The van der Waals surface area contributed by atoms with Crippen molar-refractivity contribution in [1.29, 1.82) is 5.26 Å². The van der Waals surface area contributed by atoms with Crippen LogP contribution in [0.15, 0.2) is 63.9 Å². The van der Waals surface area contributed by atoms with E-state index < -0.39 is 21.2 Å². The van der Waals surface area contributed by atoms with Crippen LogP contribution in [0.4, 0.5) is 0 Å². The fourth-order valence-corrected chi connectivity index (χ4v) is 3.11. The molecule has 0 aromatic heterocycles. The van der Waals surface area contributed by atoms with E-state index in [0.717, 1.165) is 0 Å². The molecule has 0 aliphatic rings. The quantitative estimate of drug-likeness (QED) is 0.823. The molecule has 2 atom stereocenters. The van der Waals surface area contributed by atoms with Crippen molar-refractivity contribution in [2.45, 2.75) is 10.5 Å². The number of primary amides is 1. The van der Waals surface area contributed by atoms with Crippen LogP contribution in [-0.2, 0) is 20.1 Å². The van der Waals surface area contributed by atoms with Crippen molar-refractivity contribution in [2.75, 3.05) is 6.26 Å². The van der Waals surface area contributed by atoms with Crippen LogP contribution < -0.4 is 5.73 Å². The van der Waals surface area contributed by atoms with Gasteiger partial charge in [-0.05, 0) is 23.3 Å². The van der Waals surface area contributed by atoms with Gasteiger partial charge in [0.05, 0.1) is 9.73 Å². The smallest absolute Gasteiger partial charge is 0.258 e. The molecule has 0 aliphatic carbocycles. The SMILES string of the molecule is CS(=O)(=NC#N)c1ccc(C(O)(C(N)=O)c2ccccc2)cc1. The number of carbonyl (C=O) groups excluding carboxylic acids is 1. The molecule has 7 heteroatoms. The zero-order chi connectivity index (χ0) is 17.1. The third kappa shape index (κ3) is 3.08. The van der Waals surface area contributed by atoms with Crippen molar-refractivity contribution >= 4 is 15.6 Å². The summed E-state index contributed by atoms with van der Waals surface area (Å²) in [6.45, 7) is 0. The molecule has 0 heterocycles. The molecule has 3 N–H and O–H groups in total. The molecule has 0 bridgehead atoms. The number of nitrogens with zero attached hydrogens (tertiary/aromatic N) is 2. The normalized spacial score (nSPS) is 15.7. The van der Waals surface area contributed by atoms with Gasteiger partial charge in [0, 0.05) is 11.2 Å². The van der Waals surface area contributed by atoms with Crippen LogP contribution in [0, 0.1) is 11.5 Å². The summed E-state index contributed by atoms with van der Waals surface area (Å²) in [6, 6.07) is 14.1. The Bertz CT molecular complexity index is 879. The van der Waals surface area contributed by atoms with Gasteiger partial charge >= 0.3 is 0 Å². The highest BCUT2D eigenvalue weighted by atomic mass is 32.2. The summed E-state index contributed by atoms with van der Waals surface area (Å²) >= 11 is 0. The van der Waals surface area contributed by atoms with Crippen LogP contribution in [0.3, 0.4) is 0 Å². The lowest BCUT2D eigenvalue weighted by Crippen LogP contribution is -2.42. The predicted octanol–water partition coefficient (Wildman–Crippen LogP) is 1.35. The Balaban J connectivity index is 2.56. The van der Waals surface area contributed by atoms with Gasteiger partial charge in [-0.25, -0.2) is 4.21 Å². The molecule has 23 heavy (non-hydrogen) atoms. The molecule has 0 radical (unpaired) electrons. The van der Waals surface area contributed by atoms with Gasteiger partial charge in [-0.3, -0.25) is 4.79 Å². The van der Waals surface area contributed by atoms with Crippen molar-refractivity contribution in [3.05, 3.63) is 65.7 Å². The van der Waals surface area contributed by atoms with E-state index in [2.05, 4.69) is 4.36 Å². The van der Waals surface area contributed by atoms with E-state index in [4.69, 9.17) is 11.0 Å². The number of amides is 1. The van der Waals surface area contributed by atoms with Gasteiger partial charge in [0.25, 0.3) is 5.91 Å². The molecule has 2 rings (SSSR count). The molecule has 0 saturated carbocycles. The fraction of sp³-hybridized carbons (Fsp3) is 0.125. The minimum atomic E-state index is -2.84. The maximum atomic E-state index is 12.2. The van der Waals surface area contributed by atoms with Gasteiger partial charge < -0.3 is 10.8 Å². The average molecular weight is 329 g/mol. The van der Waals surface area contributed by atoms with Gasteiger partial charge in [0.15, 0.2) is 5.60 Å². The lowest BCUT2D eigenvalue weighted by Gasteiger charge is -2.25. The Labute approximate surface area is 134 Å². The van der Waals surface area contributed by atoms with E-state index in [1.54, 1.807) is 30.3 Å². The molecule has 1 amide bonds. The second-order valence-corrected chi connectivity index (χ2v) is 7.22. The van der Waals surface area contributed by atoms with E-state index in [-0.39, 0.29) is 5.56 Å². The second kappa shape index (κ2) is 6.20. The third-order valence-electron chi connectivity index (χ3n) is 3.47. The van der Waals surface area contributed by atoms with Crippen LogP contribution in [0.5, 0.6) is 0 Å². The van der Waals surface area contributed by atoms with Crippen molar-refractivity contribution in [3.63, 3.8) is 0 Å². The molecule has 0 fully saturated rings. The summed E-state index contributed by atoms with van der Waals surface area (Å²) in [6.07, 6.45) is 2.86. The van der Waals surface area contributed by atoms with Crippen LogP contribution in [0.2, 0.25) is 0 Å². The van der Waals surface area contributed by atoms with Crippen molar-refractivity contribution in [2.24, 2.45) is 10.1 Å². The second-order valence-electron chi connectivity index (χ2n) is 4.96. The molecule has 0 aliphatic heterocycles. The number of nitriles is 1. The van der Waals surface area contributed by atoms with Crippen molar-refractivity contribution < 1.29 is 14.1 Å². The highest BCUT2D eigenvalue weighted by Gasteiger charge is 2.38. The highest BCUT2D eigenvalue weighted by molar-refractivity contribution is 7.93. The summed E-state index contributed by atoms with van der Waals surface area (Å²) < 4.78 is 15.6. The number of nitrogens with two attached hydrogens (primary N) is 1. The zero-order valence-corrected chi connectivity index (χ0v) is 13.2. The van der Waals surface area contributed by atoms with Crippen LogP contribution in [0.1, 0.15) is 11.1 Å². The first-order valence-electron chi connectivity index (χ1n) is 6.61. The molecular formula is C16H15N3O3S. The molecule has 6 nitrogen and oxygen atoms in total. The largest absolute Gasteiger partial charge is 0.372 e. The maximum Gasteiger partial charge on any atom is 0.258 e. The van der Waals surface area contributed by atoms with Gasteiger partial charge in [-0.1, -0.05) is 42.5 Å². The Morgan fingerprint density at radius 3 is 2.17 bits per heavy atom. The van der Waals surface area contributed by atoms with Crippen molar-refractivity contribution in [3.8, 4) is 6.19 Å². The van der Waals surface area contributed by atoms with E-state index in [1.165, 1.54) is 36.7 Å². The maximum absolute atomic E-state index is 12.2. The lowest BCUT2D eigenvalue weighted by molar-refractivity contribution is -0.133. The minimum absolute atomic E-state index is 0.243. The fourth-order valence-electron chi connectivity index (χ4n) is 2.21. The number of carbonyl (C=O) groups is 1. The molecule has 0 spiro atoms.